The summed E-state index contributed by atoms with van der Waals surface area (Å²) in [5.74, 6) is -0.138. The summed E-state index contributed by atoms with van der Waals surface area (Å²) < 4.78 is 40.5. The molecule has 1 fully saturated rings. The monoisotopic (exact) mass is 286 g/mol. The fourth-order valence-corrected chi connectivity index (χ4v) is 3.49. The molecule has 0 heterocycles. The van der Waals surface area contributed by atoms with E-state index >= 15 is 0 Å². The molecule has 106 valence electrons. The van der Waals surface area contributed by atoms with Crippen LogP contribution in [0.4, 0.5) is 4.39 Å². The molecule has 1 aromatic rings. The summed E-state index contributed by atoms with van der Waals surface area (Å²) in [6.45, 7) is 1.99. The van der Waals surface area contributed by atoms with E-state index in [1.54, 1.807) is 6.92 Å². The average molecular weight is 286 g/mol. The maximum atomic E-state index is 13.7. The van der Waals surface area contributed by atoms with E-state index in [4.69, 9.17) is 5.73 Å². The second kappa shape index (κ2) is 5.56. The number of hydrogen-bond donors (Lipinski definition) is 2. The van der Waals surface area contributed by atoms with Crippen molar-refractivity contribution >= 4 is 10.0 Å². The van der Waals surface area contributed by atoms with Gasteiger partial charge in [-0.2, -0.15) is 0 Å². The van der Waals surface area contributed by atoms with Crippen LogP contribution in [0.25, 0.3) is 0 Å². The molecule has 0 aromatic heterocycles. The van der Waals surface area contributed by atoms with E-state index < -0.39 is 15.8 Å². The molecule has 4 nitrogen and oxygen atoms in total. The van der Waals surface area contributed by atoms with Gasteiger partial charge in [0, 0.05) is 12.6 Å². The topological polar surface area (TPSA) is 72.2 Å². The summed E-state index contributed by atoms with van der Waals surface area (Å²) in [6, 6.07) is 3.74. The molecule has 0 spiro atoms. The number of benzene rings is 1. The van der Waals surface area contributed by atoms with Crippen LogP contribution in [0.1, 0.15) is 31.7 Å². The SMILES string of the molecule is CC(CC1CC1)NS(=O)(=O)c1cc(CN)ccc1F. The van der Waals surface area contributed by atoms with Crippen molar-refractivity contribution in [3.63, 3.8) is 0 Å². The van der Waals surface area contributed by atoms with Crippen molar-refractivity contribution in [2.45, 2.75) is 43.7 Å². The van der Waals surface area contributed by atoms with E-state index in [-0.39, 0.29) is 17.5 Å². The normalized spacial score (nSPS) is 17.4. The number of halogens is 1. The number of sulfonamides is 1. The standard InChI is InChI=1S/C13H19FN2O2S/c1-9(6-10-2-3-10)16-19(17,18)13-7-11(8-15)4-5-12(13)14/h4-5,7,9-10,16H,2-3,6,8,15H2,1H3. The quantitative estimate of drug-likeness (QED) is 0.837. The van der Waals surface area contributed by atoms with E-state index in [0.717, 1.165) is 25.3 Å². The fourth-order valence-electron chi connectivity index (χ4n) is 2.11. The van der Waals surface area contributed by atoms with Gasteiger partial charge in [0.1, 0.15) is 10.7 Å². The number of rotatable bonds is 6. The van der Waals surface area contributed by atoms with E-state index in [9.17, 15) is 12.8 Å². The summed E-state index contributed by atoms with van der Waals surface area (Å²) in [5.41, 5.74) is 6.04. The van der Waals surface area contributed by atoms with Gasteiger partial charge in [-0.25, -0.2) is 17.5 Å². The first-order chi connectivity index (χ1) is 8.92. The van der Waals surface area contributed by atoms with Crippen LogP contribution in [0, 0.1) is 11.7 Å². The van der Waals surface area contributed by atoms with Gasteiger partial charge < -0.3 is 5.73 Å². The van der Waals surface area contributed by atoms with Crippen molar-refractivity contribution < 1.29 is 12.8 Å². The molecule has 0 radical (unpaired) electrons. The lowest BCUT2D eigenvalue weighted by Gasteiger charge is -2.14. The predicted octanol–water partition coefficient (Wildman–Crippen LogP) is 1.75. The van der Waals surface area contributed by atoms with E-state index in [2.05, 4.69) is 4.72 Å². The number of hydrogen-bond acceptors (Lipinski definition) is 3. The molecule has 6 heteroatoms. The summed E-state index contributed by atoms with van der Waals surface area (Å²) in [6.07, 6.45) is 3.11. The second-order valence-corrected chi connectivity index (χ2v) is 6.85. The van der Waals surface area contributed by atoms with Crippen molar-refractivity contribution in [2.24, 2.45) is 11.7 Å². The molecule has 1 aliphatic carbocycles. The Morgan fingerprint density at radius 1 is 1.47 bits per heavy atom. The summed E-state index contributed by atoms with van der Waals surface area (Å²) >= 11 is 0. The summed E-state index contributed by atoms with van der Waals surface area (Å²) in [7, 11) is -3.82. The first kappa shape index (κ1) is 14.4. The molecule has 19 heavy (non-hydrogen) atoms. The summed E-state index contributed by atoms with van der Waals surface area (Å²) in [4.78, 5) is -0.321. The fraction of sp³-hybridized carbons (Fsp3) is 0.538. The molecule has 1 atom stereocenters. The molecular weight excluding hydrogens is 267 g/mol. The third kappa shape index (κ3) is 3.75. The van der Waals surface area contributed by atoms with E-state index in [1.807, 2.05) is 0 Å². The Balaban J connectivity index is 2.17. The van der Waals surface area contributed by atoms with Gasteiger partial charge in [0.05, 0.1) is 0 Å². The van der Waals surface area contributed by atoms with Crippen LogP contribution in [0.5, 0.6) is 0 Å². The van der Waals surface area contributed by atoms with Gasteiger partial charge in [-0.3, -0.25) is 0 Å². The van der Waals surface area contributed by atoms with Crippen molar-refractivity contribution in [3.8, 4) is 0 Å². The Labute approximate surface area is 113 Å². The highest BCUT2D eigenvalue weighted by Gasteiger charge is 2.27. The van der Waals surface area contributed by atoms with Crippen LogP contribution < -0.4 is 10.5 Å². The minimum atomic E-state index is -3.82. The first-order valence-corrected chi connectivity index (χ1v) is 7.91. The van der Waals surface area contributed by atoms with Crippen LogP contribution in [-0.2, 0) is 16.6 Å². The van der Waals surface area contributed by atoms with E-state index in [1.165, 1.54) is 12.1 Å². The third-order valence-electron chi connectivity index (χ3n) is 3.26. The van der Waals surface area contributed by atoms with Gasteiger partial charge >= 0.3 is 0 Å². The molecule has 3 N–H and O–H groups in total. The predicted molar refractivity (Wildman–Crippen MR) is 71.4 cm³/mol. The van der Waals surface area contributed by atoms with Crippen molar-refractivity contribution in [1.29, 1.82) is 0 Å². The van der Waals surface area contributed by atoms with Gasteiger partial charge in [-0.05, 0) is 37.0 Å². The van der Waals surface area contributed by atoms with Crippen LogP contribution in [-0.4, -0.2) is 14.5 Å². The van der Waals surface area contributed by atoms with Crippen LogP contribution in [0.3, 0.4) is 0 Å². The average Bonchev–Trinajstić information content (AvgIpc) is 3.12. The highest BCUT2D eigenvalue weighted by molar-refractivity contribution is 7.89. The first-order valence-electron chi connectivity index (χ1n) is 6.43. The second-order valence-electron chi connectivity index (χ2n) is 5.17. The summed E-state index contributed by atoms with van der Waals surface area (Å²) in [5, 5.41) is 0. The largest absolute Gasteiger partial charge is 0.326 e. The minimum Gasteiger partial charge on any atom is -0.326 e. The van der Waals surface area contributed by atoms with Crippen LogP contribution in [0.2, 0.25) is 0 Å². The zero-order valence-electron chi connectivity index (χ0n) is 10.9. The maximum absolute atomic E-state index is 13.7. The lowest BCUT2D eigenvalue weighted by molar-refractivity contribution is 0.520. The lowest BCUT2D eigenvalue weighted by Crippen LogP contribution is -2.33. The Hall–Kier alpha value is -0.980. The van der Waals surface area contributed by atoms with Crippen molar-refractivity contribution in [1.82, 2.24) is 4.72 Å². The van der Waals surface area contributed by atoms with Gasteiger partial charge in [-0.1, -0.05) is 18.9 Å². The number of nitrogens with two attached hydrogens (primary N) is 1. The minimum absolute atomic E-state index is 0.181. The Kier molecular flexibility index (Phi) is 4.23. The highest BCUT2D eigenvalue weighted by Crippen LogP contribution is 2.33. The molecule has 1 unspecified atom stereocenters. The Morgan fingerprint density at radius 2 is 2.16 bits per heavy atom. The zero-order chi connectivity index (χ0) is 14.0. The molecule has 0 saturated heterocycles. The van der Waals surface area contributed by atoms with Crippen molar-refractivity contribution in [2.75, 3.05) is 0 Å². The van der Waals surface area contributed by atoms with Gasteiger partial charge in [0.25, 0.3) is 0 Å². The van der Waals surface area contributed by atoms with E-state index in [0.29, 0.717) is 11.5 Å². The van der Waals surface area contributed by atoms with Gasteiger partial charge in [-0.15, -0.1) is 0 Å². The van der Waals surface area contributed by atoms with Crippen molar-refractivity contribution in [3.05, 3.63) is 29.6 Å². The van der Waals surface area contributed by atoms with Crippen LogP contribution in [0.15, 0.2) is 23.1 Å². The zero-order valence-corrected chi connectivity index (χ0v) is 11.7. The molecular formula is C13H19FN2O2S. The smallest absolute Gasteiger partial charge is 0.243 e. The maximum Gasteiger partial charge on any atom is 0.243 e. The van der Waals surface area contributed by atoms with Gasteiger partial charge in [0.15, 0.2) is 0 Å². The molecule has 0 aliphatic heterocycles. The molecule has 2 rings (SSSR count). The third-order valence-corrected chi connectivity index (χ3v) is 4.87. The molecule has 1 aliphatic rings. The molecule has 1 aromatic carbocycles. The Bertz CT molecular complexity index is 556. The van der Waals surface area contributed by atoms with Gasteiger partial charge in [0.2, 0.25) is 10.0 Å². The lowest BCUT2D eigenvalue weighted by atomic mass is 10.2. The molecule has 1 saturated carbocycles. The Morgan fingerprint density at radius 3 is 2.74 bits per heavy atom. The number of nitrogens with one attached hydrogen (secondary N) is 1. The highest BCUT2D eigenvalue weighted by atomic mass is 32.2. The molecule has 0 amide bonds. The molecule has 0 bridgehead atoms. The van der Waals surface area contributed by atoms with Crippen LogP contribution >= 0.6 is 0 Å².